The van der Waals surface area contributed by atoms with Crippen molar-refractivity contribution in [2.75, 3.05) is 12.3 Å². The number of anilines is 1. The van der Waals surface area contributed by atoms with E-state index >= 15 is 0 Å². The molecule has 0 aliphatic heterocycles. The van der Waals surface area contributed by atoms with Crippen molar-refractivity contribution in [2.45, 2.75) is 52.5 Å². The van der Waals surface area contributed by atoms with Gasteiger partial charge < -0.3 is 20.9 Å². The number of carbonyl (C=O) groups excluding carboxylic acids is 2. The number of esters is 1. The zero-order valence-corrected chi connectivity index (χ0v) is 21.3. The zero-order valence-electron chi connectivity index (χ0n) is 21.3. The van der Waals surface area contributed by atoms with Gasteiger partial charge >= 0.3 is 5.97 Å². The van der Waals surface area contributed by atoms with Gasteiger partial charge in [0.15, 0.2) is 0 Å². The first-order chi connectivity index (χ1) is 17.1. The lowest BCUT2D eigenvalue weighted by Gasteiger charge is -2.22. The number of phenols is 1. The highest BCUT2D eigenvalue weighted by Crippen LogP contribution is 2.19. The molecule has 3 aromatic rings. The van der Waals surface area contributed by atoms with Crippen LogP contribution in [0.25, 0.3) is 0 Å². The normalized spacial score (nSPS) is 12.1. The van der Waals surface area contributed by atoms with Crippen LogP contribution in [0, 0.1) is 5.41 Å². The van der Waals surface area contributed by atoms with Gasteiger partial charge in [-0.2, -0.15) is 0 Å². The predicted octanol–water partition coefficient (Wildman–Crippen LogP) is 5.08. The molecule has 0 heterocycles. The number of ether oxygens (including phenoxy) is 1. The van der Waals surface area contributed by atoms with Crippen molar-refractivity contribution < 1.29 is 19.4 Å². The molecule has 0 spiro atoms. The summed E-state index contributed by atoms with van der Waals surface area (Å²) in [4.78, 5) is 26.1. The van der Waals surface area contributed by atoms with Crippen molar-refractivity contribution in [1.82, 2.24) is 5.32 Å². The van der Waals surface area contributed by atoms with E-state index in [9.17, 15) is 14.7 Å². The van der Waals surface area contributed by atoms with Crippen LogP contribution in [0.3, 0.4) is 0 Å². The second-order valence-corrected chi connectivity index (χ2v) is 10.3. The monoisotopic (exact) mass is 488 g/mol. The van der Waals surface area contributed by atoms with Gasteiger partial charge in [0.1, 0.15) is 11.8 Å². The molecular formula is C30H36N2O4. The van der Waals surface area contributed by atoms with Gasteiger partial charge in [-0.15, -0.1) is 0 Å². The fourth-order valence-corrected chi connectivity index (χ4v) is 3.74. The minimum Gasteiger partial charge on any atom is -0.508 e. The van der Waals surface area contributed by atoms with Crippen LogP contribution >= 0.6 is 0 Å². The Morgan fingerprint density at radius 3 is 2.25 bits per heavy atom. The Hall–Kier alpha value is -3.80. The minimum atomic E-state index is -0.766. The van der Waals surface area contributed by atoms with E-state index < -0.39 is 12.0 Å². The van der Waals surface area contributed by atoms with Gasteiger partial charge in [0, 0.05) is 11.3 Å². The SMILES string of the molecule is CC(C)(C)COC(=O)[C@H](CCc1ccccc1)NC(=O)c1ccc(N)c(CCc2ccc(O)cc2)c1. The van der Waals surface area contributed by atoms with Crippen molar-refractivity contribution in [1.29, 1.82) is 0 Å². The summed E-state index contributed by atoms with van der Waals surface area (Å²) in [6.45, 7) is 6.25. The van der Waals surface area contributed by atoms with Gasteiger partial charge in [-0.25, -0.2) is 4.79 Å². The van der Waals surface area contributed by atoms with Crippen molar-refractivity contribution in [2.24, 2.45) is 5.41 Å². The van der Waals surface area contributed by atoms with Crippen LogP contribution in [-0.4, -0.2) is 29.6 Å². The number of carbonyl (C=O) groups is 2. The van der Waals surface area contributed by atoms with E-state index in [0.717, 1.165) is 16.7 Å². The number of nitrogens with one attached hydrogen (secondary N) is 1. The van der Waals surface area contributed by atoms with Gasteiger partial charge in [-0.3, -0.25) is 4.79 Å². The Morgan fingerprint density at radius 2 is 1.58 bits per heavy atom. The molecule has 0 aliphatic rings. The number of amides is 1. The van der Waals surface area contributed by atoms with Crippen LogP contribution in [0.2, 0.25) is 0 Å². The van der Waals surface area contributed by atoms with E-state index in [1.54, 1.807) is 30.3 Å². The third kappa shape index (κ3) is 8.45. The number of nitrogen functional groups attached to an aromatic ring is 1. The highest BCUT2D eigenvalue weighted by atomic mass is 16.5. The summed E-state index contributed by atoms with van der Waals surface area (Å²) in [5.41, 5.74) is 10.1. The maximum Gasteiger partial charge on any atom is 0.328 e. The number of aromatic hydroxyl groups is 1. The Labute approximate surface area is 213 Å². The quantitative estimate of drug-likeness (QED) is 0.273. The molecule has 0 unspecified atom stereocenters. The highest BCUT2D eigenvalue weighted by Gasteiger charge is 2.25. The highest BCUT2D eigenvalue weighted by molar-refractivity contribution is 5.97. The van der Waals surface area contributed by atoms with E-state index in [2.05, 4.69) is 5.32 Å². The van der Waals surface area contributed by atoms with Gasteiger partial charge in [0.25, 0.3) is 5.91 Å². The van der Waals surface area contributed by atoms with E-state index in [1.165, 1.54) is 0 Å². The van der Waals surface area contributed by atoms with E-state index in [1.807, 2.05) is 63.2 Å². The maximum atomic E-state index is 13.2. The van der Waals surface area contributed by atoms with Crippen LogP contribution in [-0.2, 0) is 28.8 Å². The van der Waals surface area contributed by atoms with Crippen molar-refractivity contribution in [3.8, 4) is 5.75 Å². The van der Waals surface area contributed by atoms with Crippen molar-refractivity contribution in [3.05, 3.63) is 95.1 Å². The molecule has 0 bridgehead atoms. The second-order valence-electron chi connectivity index (χ2n) is 10.3. The molecule has 4 N–H and O–H groups in total. The molecule has 1 amide bonds. The summed E-state index contributed by atoms with van der Waals surface area (Å²) in [6.07, 6.45) is 2.43. The van der Waals surface area contributed by atoms with Gasteiger partial charge in [0.2, 0.25) is 0 Å². The third-order valence-corrected chi connectivity index (χ3v) is 5.83. The lowest BCUT2D eigenvalue weighted by Crippen LogP contribution is -2.43. The lowest BCUT2D eigenvalue weighted by molar-refractivity contribution is -0.148. The summed E-state index contributed by atoms with van der Waals surface area (Å²) in [6, 6.07) is 21.3. The number of benzene rings is 3. The first-order valence-electron chi connectivity index (χ1n) is 12.3. The number of aryl methyl sites for hydroxylation is 3. The topological polar surface area (TPSA) is 102 Å². The van der Waals surface area contributed by atoms with Gasteiger partial charge in [0.05, 0.1) is 6.61 Å². The van der Waals surface area contributed by atoms with Crippen LogP contribution in [0.1, 0.15) is 54.2 Å². The summed E-state index contributed by atoms with van der Waals surface area (Å²) < 4.78 is 5.54. The smallest absolute Gasteiger partial charge is 0.328 e. The number of nitrogens with two attached hydrogens (primary N) is 1. The fraction of sp³-hybridized carbons (Fsp3) is 0.333. The average Bonchev–Trinajstić information content (AvgIpc) is 2.85. The van der Waals surface area contributed by atoms with Gasteiger partial charge in [-0.05, 0) is 78.1 Å². The summed E-state index contributed by atoms with van der Waals surface area (Å²) in [5, 5.41) is 12.4. The second kappa shape index (κ2) is 12.2. The molecule has 0 saturated heterocycles. The molecule has 3 rings (SSSR count). The molecule has 6 nitrogen and oxygen atoms in total. The van der Waals surface area contributed by atoms with Crippen LogP contribution in [0.15, 0.2) is 72.8 Å². The standard InChI is InChI=1S/C30H36N2O4/c1-30(2,3)20-36-29(35)27(18-12-21-7-5-4-6-8-21)32-28(34)24-14-17-26(31)23(19-24)13-9-22-10-15-25(33)16-11-22/h4-8,10-11,14-17,19,27,33H,9,12-13,18,20,31H2,1-3H3,(H,32,34)/t27-/m0/s1. The minimum absolute atomic E-state index is 0.174. The first-order valence-corrected chi connectivity index (χ1v) is 12.3. The molecule has 0 fully saturated rings. The summed E-state index contributed by atoms with van der Waals surface area (Å²) in [7, 11) is 0. The maximum absolute atomic E-state index is 13.2. The van der Waals surface area contributed by atoms with Crippen molar-refractivity contribution in [3.63, 3.8) is 0 Å². The molecule has 3 aromatic carbocycles. The van der Waals surface area contributed by atoms with E-state index in [0.29, 0.717) is 36.9 Å². The Balaban J connectivity index is 1.70. The molecule has 6 heteroatoms. The van der Waals surface area contributed by atoms with Crippen LogP contribution < -0.4 is 11.1 Å². The molecular weight excluding hydrogens is 452 g/mol. The zero-order chi connectivity index (χ0) is 26.1. The molecule has 36 heavy (non-hydrogen) atoms. The molecule has 1 atom stereocenters. The van der Waals surface area contributed by atoms with Gasteiger partial charge in [-0.1, -0.05) is 63.2 Å². The largest absolute Gasteiger partial charge is 0.508 e. The number of rotatable bonds is 10. The molecule has 0 radical (unpaired) electrons. The number of hydrogen-bond donors (Lipinski definition) is 3. The lowest BCUT2D eigenvalue weighted by atomic mass is 9.98. The average molecular weight is 489 g/mol. The molecule has 190 valence electrons. The molecule has 0 saturated carbocycles. The Kier molecular flexibility index (Phi) is 9.12. The van der Waals surface area contributed by atoms with E-state index in [-0.39, 0.29) is 23.7 Å². The summed E-state index contributed by atoms with van der Waals surface area (Å²) >= 11 is 0. The molecule has 0 aromatic heterocycles. The van der Waals surface area contributed by atoms with Crippen molar-refractivity contribution >= 4 is 17.6 Å². The first kappa shape index (κ1) is 26.8. The third-order valence-electron chi connectivity index (χ3n) is 5.83. The van der Waals surface area contributed by atoms with Crippen LogP contribution in [0.5, 0.6) is 5.75 Å². The summed E-state index contributed by atoms with van der Waals surface area (Å²) in [5.74, 6) is -0.552. The predicted molar refractivity (Wildman–Crippen MR) is 143 cm³/mol. The fourth-order valence-electron chi connectivity index (χ4n) is 3.74. The Morgan fingerprint density at radius 1 is 0.917 bits per heavy atom. The van der Waals surface area contributed by atoms with E-state index in [4.69, 9.17) is 10.5 Å². The molecule has 0 aliphatic carbocycles. The number of phenolic OH excluding ortho intramolecular Hbond substituents is 1. The Bertz CT molecular complexity index is 1150. The van der Waals surface area contributed by atoms with Crippen LogP contribution in [0.4, 0.5) is 5.69 Å². The number of hydrogen-bond acceptors (Lipinski definition) is 5.